The summed E-state index contributed by atoms with van der Waals surface area (Å²) < 4.78 is 11.2. The largest absolute Gasteiger partial charge is 0.481 e. The van der Waals surface area contributed by atoms with Crippen LogP contribution in [0.2, 0.25) is 0 Å². The van der Waals surface area contributed by atoms with Crippen molar-refractivity contribution in [2.75, 3.05) is 52.9 Å². The van der Waals surface area contributed by atoms with E-state index in [2.05, 4.69) is 20.2 Å². The van der Waals surface area contributed by atoms with E-state index < -0.39 is 29.9 Å². The number of carbonyl (C=O) groups is 4. The molecule has 2 aromatic rings. The molecule has 1 aromatic heterocycles. The summed E-state index contributed by atoms with van der Waals surface area (Å²) in [6, 6.07) is 9.53. The highest BCUT2D eigenvalue weighted by molar-refractivity contribution is 5.96. The summed E-state index contributed by atoms with van der Waals surface area (Å²) in [7, 11) is 2.02. The first kappa shape index (κ1) is 30.7. The first-order valence-electron chi connectivity index (χ1n) is 14.3. The smallest absolute Gasteiger partial charge is 0.409 e. The third-order valence-electron chi connectivity index (χ3n) is 7.20. The van der Waals surface area contributed by atoms with Crippen molar-refractivity contribution in [3.05, 3.63) is 42.1 Å². The minimum absolute atomic E-state index is 0.00303. The molecule has 3 heterocycles. The van der Waals surface area contributed by atoms with Gasteiger partial charge in [0.15, 0.2) is 5.82 Å². The summed E-state index contributed by atoms with van der Waals surface area (Å²) >= 11 is 0. The lowest BCUT2D eigenvalue weighted by atomic mass is 10.1. The van der Waals surface area contributed by atoms with E-state index in [1.165, 1.54) is 15.9 Å². The van der Waals surface area contributed by atoms with E-state index >= 15 is 0 Å². The van der Waals surface area contributed by atoms with E-state index in [9.17, 15) is 24.3 Å². The van der Waals surface area contributed by atoms with Crippen LogP contribution in [0.1, 0.15) is 43.1 Å². The van der Waals surface area contributed by atoms with Gasteiger partial charge in [-0.25, -0.2) is 9.78 Å². The average Bonchev–Trinajstić information content (AvgIpc) is 2.99. The number of carboxylic acid groups (broad SMARTS) is 1. The molecule has 0 saturated carbocycles. The van der Waals surface area contributed by atoms with E-state index in [1.54, 1.807) is 6.92 Å². The fourth-order valence-electron chi connectivity index (χ4n) is 5.01. The summed E-state index contributed by atoms with van der Waals surface area (Å²) in [5.74, 6) is -1.61. The molecule has 1 unspecified atom stereocenters. The van der Waals surface area contributed by atoms with Crippen LogP contribution in [-0.2, 0) is 14.3 Å². The molecule has 0 radical (unpaired) electrons. The van der Waals surface area contributed by atoms with Crippen LogP contribution in [0.3, 0.4) is 0 Å². The van der Waals surface area contributed by atoms with E-state index in [4.69, 9.17) is 9.47 Å². The summed E-state index contributed by atoms with van der Waals surface area (Å²) in [5, 5.41) is 12.0. The maximum atomic E-state index is 13.5. The van der Waals surface area contributed by atoms with Gasteiger partial charge in [0.25, 0.3) is 5.91 Å². The van der Waals surface area contributed by atoms with E-state index in [1.807, 2.05) is 37.4 Å². The van der Waals surface area contributed by atoms with Crippen LogP contribution in [0, 0.1) is 0 Å². The Morgan fingerprint density at radius 2 is 1.76 bits per heavy atom. The van der Waals surface area contributed by atoms with Crippen LogP contribution < -0.4 is 10.1 Å². The van der Waals surface area contributed by atoms with Crippen molar-refractivity contribution >= 4 is 23.9 Å². The highest BCUT2D eigenvalue weighted by Crippen LogP contribution is 2.22. The number of carbonyl (C=O) groups excluding carboxylic acids is 3. The van der Waals surface area contributed by atoms with Crippen LogP contribution in [0.5, 0.6) is 5.88 Å². The number of rotatable bonds is 10. The molecule has 4 rings (SSSR count). The molecule has 2 atom stereocenters. The molecule has 2 saturated heterocycles. The Hall–Kier alpha value is -4.26. The van der Waals surface area contributed by atoms with Crippen molar-refractivity contribution in [2.24, 2.45) is 0 Å². The zero-order valence-corrected chi connectivity index (χ0v) is 24.0. The first-order chi connectivity index (χ1) is 20.2. The van der Waals surface area contributed by atoms with Crippen molar-refractivity contribution in [1.82, 2.24) is 30.0 Å². The number of benzene rings is 1. The van der Waals surface area contributed by atoms with Crippen molar-refractivity contribution in [3.8, 4) is 17.3 Å². The van der Waals surface area contributed by atoms with Crippen LogP contribution >= 0.6 is 0 Å². The predicted molar refractivity (Wildman–Crippen MR) is 152 cm³/mol. The van der Waals surface area contributed by atoms with Gasteiger partial charge >= 0.3 is 12.1 Å². The topological polar surface area (TPSA) is 154 Å². The van der Waals surface area contributed by atoms with Crippen LogP contribution in [0.4, 0.5) is 4.79 Å². The molecular weight excluding hydrogens is 544 g/mol. The van der Waals surface area contributed by atoms with Gasteiger partial charge < -0.3 is 34.6 Å². The van der Waals surface area contributed by atoms with Gasteiger partial charge in [-0.05, 0) is 39.8 Å². The second-order valence-corrected chi connectivity index (χ2v) is 10.4. The van der Waals surface area contributed by atoms with Gasteiger partial charge in [-0.15, -0.1) is 0 Å². The Kier molecular flexibility index (Phi) is 10.7. The standard InChI is InChI=1S/C29H38N6O7/c1-3-41-29(40)35-16-14-34(15-17-35)28(39)22(11-12-25(36)37)31-27(38)23-18-24(42-21-10-7-13-33(2)19-21)32-26(30-23)20-8-5-4-6-9-20/h4-6,8-9,18,21-22H,3,7,10-17,19H2,1-2H3,(H,31,38)(H,36,37)/t21?,22-/m0/s1. The number of aliphatic carboxylic acids is 1. The number of likely N-dealkylation sites (tertiary alicyclic amines) is 1. The molecule has 0 bridgehead atoms. The zero-order valence-electron chi connectivity index (χ0n) is 24.0. The molecule has 2 aliphatic heterocycles. The number of ether oxygens (including phenoxy) is 2. The first-order valence-corrected chi connectivity index (χ1v) is 14.3. The lowest BCUT2D eigenvalue weighted by Crippen LogP contribution is -2.56. The van der Waals surface area contributed by atoms with Crippen molar-refractivity contribution in [2.45, 2.75) is 44.8 Å². The molecule has 0 spiro atoms. The quantitative estimate of drug-likeness (QED) is 0.424. The maximum absolute atomic E-state index is 13.5. The number of hydrogen-bond donors (Lipinski definition) is 2. The predicted octanol–water partition coefficient (Wildman–Crippen LogP) is 1.88. The normalized spacial score (nSPS) is 18.2. The molecule has 0 aliphatic carbocycles. The second kappa shape index (κ2) is 14.6. The number of likely N-dealkylation sites (N-methyl/N-ethyl adjacent to an activating group) is 1. The Morgan fingerprint density at radius 3 is 2.43 bits per heavy atom. The zero-order chi connectivity index (χ0) is 30.1. The third-order valence-corrected chi connectivity index (χ3v) is 7.20. The molecule has 1 aromatic carbocycles. The summed E-state index contributed by atoms with van der Waals surface area (Å²) in [4.78, 5) is 64.6. The van der Waals surface area contributed by atoms with E-state index in [-0.39, 0.29) is 63.3 Å². The number of carboxylic acids is 1. The molecule has 42 heavy (non-hydrogen) atoms. The molecule has 3 amide bonds. The fraction of sp³-hybridized carbons (Fsp3) is 0.517. The Bertz CT molecular complexity index is 1250. The molecule has 226 valence electrons. The second-order valence-electron chi connectivity index (χ2n) is 10.4. The average molecular weight is 583 g/mol. The molecule has 13 heteroatoms. The highest BCUT2D eigenvalue weighted by atomic mass is 16.6. The molecule has 2 N–H and O–H groups in total. The third kappa shape index (κ3) is 8.38. The van der Waals surface area contributed by atoms with Gasteiger partial charge in [-0.1, -0.05) is 30.3 Å². The Labute approximate surface area is 244 Å². The van der Waals surface area contributed by atoms with Crippen molar-refractivity contribution in [1.29, 1.82) is 0 Å². The van der Waals surface area contributed by atoms with Gasteiger partial charge in [-0.2, -0.15) is 4.98 Å². The van der Waals surface area contributed by atoms with Gasteiger partial charge in [0, 0.05) is 50.8 Å². The van der Waals surface area contributed by atoms with E-state index in [0.717, 1.165) is 25.9 Å². The highest BCUT2D eigenvalue weighted by Gasteiger charge is 2.31. The lowest BCUT2D eigenvalue weighted by Gasteiger charge is -2.35. The van der Waals surface area contributed by atoms with Gasteiger partial charge in [0.05, 0.1) is 6.61 Å². The molecule has 2 aliphatic rings. The lowest BCUT2D eigenvalue weighted by molar-refractivity contribution is -0.138. The number of piperazine rings is 1. The van der Waals surface area contributed by atoms with Crippen LogP contribution in [0.25, 0.3) is 11.4 Å². The van der Waals surface area contributed by atoms with E-state index in [0.29, 0.717) is 11.4 Å². The fourth-order valence-corrected chi connectivity index (χ4v) is 5.01. The maximum Gasteiger partial charge on any atom is 0.409 e. The monoisotopic (exact) mass is 582 g/mol. The van der Waals surface area contributed by atoms with Crippen molar-refractivity contribution < 1.29 is 33.8 Å². The Morgan fingerprint density at radius 1 is 1.05 bits per heavy atom. The Balaban J connectivity index is 1.53. The number of hydrogen-bond acceptors (Lipinski definition) is 9. The van der Waals surface area contributed by atoms with Gasteiger partial charge in [0.1, 0.15) is 17.8 Å². The number of aromatic nitrogens is 2. The minimum atomic E-state index is -1.10. The summed E-state index contributed by atoms with van der Waals surface area (Å²) in [5.41, 5.74) is 0.694. The number of piperidine rings is 1. The number of nitrogens with zero attached hydrogens (tertiary/aromatic N) is 5. The van der Waals surface area contributed by atoms with Gasteiger partial charge in [0.2, 0.25) is 11.8 Å². The number of amides is 3. The summed E-state index contributed by atoms with van der Waals surface area (Å²) in [6.07, 6.45) is 0.861. The molecule has 2 fully saturated rings. The van der Waals surface area contributed by atoms with Crippen LogP contribution in [-0.4, -0.2) is 119 Å². The van der Waals surface area contributed by atoms with Crippen molar-refractivity contribution in [3.63, 3.8) is 0 Å². The van der Waals surface area contributed by atoms with Gasteiger partial charge in [-0.3, -0.25) is 14.4 Å². The molecular formula is C29H38N6O7. The number of nitrogens with one attached hydrogen (secondary N) is 1. The SMILES string of the molecule is CCOC(=O)N1CCN(C(=O)[C@H](CCC(=O)O)NC(=O)c2cc(OC3CCCN(C)C3)nc(-c3ccccc3)n2)CC1. The summed E-state index contributed by atoms with van der Waals surface area (Å²) in [6.45, 7) is 4.68. The van der Waals surface area contributed by atoms with Crippen LogP contribution in [0.15, 0.2) is 36.4 Å². The molecule has 13 nitrogen and oxygen atoms in total. The minimum Gasteiger partial charge on any atom is -0.481 e.